The van der Waals surface area contributed by atoms with Crippen LogP contribution in [0.1, 0.15) is 19.3 Å². The summed E-state index contributed by atoms with van der Waals surface area (Å²) in [7, 11) is 0. The summed E-state index contributed by atoms with van der Waals surface area (Å²) in [5.74, 6) is 0.892. The van der Waals surface area contributed by atoms with Crippen molar-refractivity contribution in [2.24, 2.45) is 5.92 Å². The summed E-state index contributed by atoms with van der Waals surface area (Å²) in [6.45, 7) is 3.58. The maximum atomic E-state index is 11.4. The highest BCUT2D eigenvalue weighted by Crippen LogP contribution is 2.14. The predicted molar refractivity (Wildman–Crippen MR) is 53.0 cm³/mol. The van der Waals surface area contributed by atoms with E-state index in [0.717, 1.165) is 19.5 Å². The fraction of sp³-hybridized carbons (Fsp3) is 0.900. The summed E-state index contributed by atoms with van der Waals surface area (Å²) in [4.78, 5) is 11.4. The van der Waals surface area contributed by atoms with Crippen LogP contribution in [-0.2, 0) is 9.53 Å². The summed E-state index contributed by atoms with van der Waals surface area (Å²) >= 11 is 0. The SMILES string of the molecule is O=C(CCC1CCNC1)NC1COC1. The first-order valence-corrected chi connectivity index (χ1v) is 5.42. The summed E-state index contributed by atoms with van der Waals surface area (Å²) in [6.07, 6.45) is 2.91. The lowest BCUT2D eigenvalue weighted by Gasteiger charge is -2.26. The Morgan fingerprint density at radius 3 is 2.93 bits per heavy atom. The Balaban J connectivity index is 1.57. The number of nitrogens with one attached hydrogen (secondary N) is 2. The van der Waals surface area contributed by atoms with Gasteiger partial charge in [-0.15, -0.1) is 0 Å². The van der Waals surface area contributed by atoms with Crippen LogP contribution in [0, 0.1) is 5.92 Å². The number of hydrogen-bond acceptors (Lipinski definition) is 3. The maximum Gasteiger partial charge on any atom is 0.220 e. The van der Waals surface area contributed by atoms with Gasteiger partial charge in [-0.2, -0.15) is 0 Å². The normalized spacial score (nSPS) is 27.3. The lowest BCUT2D eigenvalue weighted by molar-refractivity contribution is -0.125. The van der Waals surface area contributed by atoms with Gasteiger partial charge in [-0.25, -0.2) is 0 Å². The molecule has 4 nitrogen and oxygen atoms in total. The largest absolute Gasteiger partial charge is 0.377 e. The number of carbonyl (C=O) groups excluding carboxylic acids is 1. The monoisotopic (exact) mass is 198 g/mol. The summed E-state index contributed by atoms with van der Waals surface area (Å²) in [5.41, 5.74) is 0. The predicted octanol–water partition coefficient (Wildman–Crippen LogP) is -0.109. The minimum atomic E-state index is 0.185. The van der Waals surface area contributed by atoms with Gasteiger partial charge in [0.1, 0.15) is 0 Å². The van der Waals surface area contributed by atoms with Crippen LogP contribution in [0.5, 0.6) is 0 Å². The van der Waals surface area contributed by atoms with Crippen LogP contribution in [0.25, 0.3) is 0 Å². The standard InChI is InChI=1S/C10H18N2O2/c13-10(12-9-6-14-7-9)2-1-8-3-4-11-5-8/h8-9,11H,1-7H2,(H,12,13). The molecule has 2 rings (SSSR count). The van der Waals surface area contributed by atoms with Crippen LogP contribution in [0.3, 0.4) is 0 Å². The zero-order chi connectivity index (χ0) is 9.80. The zero-order valence-electron chi connectivity index (χ0n) is 8.42. The molecule has 0 spiro atoms. The van der Waals surface area contributed by atoms with E-state index in [2.05, 4.69) is 10.6 Å². The third-order valence-electron chi connectivity index (χ3n) is 2.95. The lowest BCUT2D eigenvalue weighted by atomic mass is 10.0. The van der Waals surface area contributed by atoms with Crippen molar-refractivity contribution < 1.29 is 9.53 Å². The van der Waals surface area contributed by atoms with E-state index in [1.54, 1.807) is 0 Å². The third kappa shape index (κ3) is 2.69. The second-order valence-corrected chi connectivity index (χ2v) is 4.20. The van der Waals surface area contributed by atoms with Crippen molar-refractivity contribution in [3.8, 4) is 0 Å². The molecule has 0 aromatic carbocycles. The topological polar surface area (TPSA) is 50.4 Å². The molecule has 2 aliphatic heterocycles. The maximum absolute atomic E-state index is 11.4. The highest BCUT2D eigenvalue weighted by Gasteiger charge is 2.21. The minimum Gasteiger partial charge on any atom is -0.377 e. The van der Waals surface area contributed by atoms with Crippen LogP contribution < -0.4 is 10.6 Å². The molecule has 2 N–H and O–H groups in total. The molecule has 1 unspecified atom stereocenters. The van der Waals surface area contributed by atoms with Gasteiger partial charge in [0, 0.05) is 6.42 Å². The highest BCUT2D eigenvalue weighted by molar-refractivity contribution is 5.76. The molecule has 0 bridgehead atoms. The van der Waals surface area contributed by atoms with Crippen LogP contribution in [0.4, 0.5) is 0 Å². The first-order valence-electron chi connectivity index (χ1n) is 5.42. The zero-order valence-corrected chi connectivity index (χ0v) is 8.42. The molecule has 0 saturated carbocycles. The Labute approximate surface area is 84.4 Å². The van der Waals surface area contributed by atoms with E-state index in [0.29, 0.717) is 25.6 Å². The minimum absolute atomic E-state index is 0.185. The van der Waals surface area contributed by atoms with Gasteiger partial charge in [0.15, 0.2) is 0 Å². The summed E-state index contributed by atoms with van der Waals surface area (Å²) < 4.78 is 4.99. The smallest absolute Gasteiger partial charge is 0.220 e. The van der Waals surface area contributed by atoms with E-state index in [9.17, 15) is 4.79 Å². The van der Waals surface area contributed by atoms with Gasteiger partial charge < -0.3 is 15.4 Å². The Kier molecular flexibility index (Phi) is 3.37. The molecular weight excluding hydrogens is 180 g/mol. The molecule has 80 valence electrons. The van der Waals surface area contributed by atoms with Gasteiger partial charge in [0.2, 0.25) is 5.91 Å². The molecule has 0 radical (unpaired) electrons. The molecule has 2 saturated heterocycles. The van der Waals surface area contributed by atoms with E-state index in [1.165, 1.54) is 6.42 Å². The van der Waals surface area contributed by atoms with Crippen molar-refractivity contribution in [3.05, 3.63) is 0 Å². The molecule has 2 heterocycles. The van der Waals surface area contributed by atoms with Crippen LogP contribution in [-0.4, -0.2) is 38.3 Å². The van der Waals surface area contributed by atoms with E-state index < -0.39 is 0 Å². The molecule has 1 atom stereocenters. The molecule has 14 heavy (non-hydrogen) atoms. The molecule has 0 aromatic heterocycles. The average Bonchev–Trinajstić information content (AvgIpc) is 2.60. The number of carbonyl (C=O) groups is 1. The van der Waals surface area contributed by atoms with Gasteiger partial charge in [0.05, 0.1) is 19.3 Å². The summed E-state index contributed by atoms with van der Waals surface area (Å²) in [5, 5.41) is 6.26. The first-order chi connectivity index (χ1) is 6.84. The molecular formula is C10H18N2O2. The highest BCUT2D eigenvalue weighted by atomic mass is 16.5. The molecule has 4 heteroatoms. The fourth-order valence-electron chi connectivity index (χ4n) is 1.91. The second kappa shape index (κ2) is 4.75. The van der Waals surface area contributed by atoms with Crippen molar-refractivity contribution >= 4 is 5.91 Å². The first kappa shape index (κ1) is 9.93. The average molecular weight is 198 g/mol. The van der Waals surface area contributed by atoms with Crippen LogP contribution in [0.2, 0.25) is 0 Å². The van der Waals surface area contributed by atoms with Crippen LogP contribution >= 0.6 is 0 Å². The Hall–Kier alpha value is -0.610. The number of hydrogen-bond donors (Lipinski definition) is 2. The Morgan fingerprint density at radius 2 is 2.36 bits per heavy atom. The van der Waals surface area contributed by atoms with E-state index in [1.807, 2.05) is 0 Å². The van der Waals surface area contributed by atoms with Gasteiger partial charge >= 0.3 is 0 Å². The van der Waals surface area contributed by atoms with Gasteiger partial charge in [-0.3, -0.25) is 4.79 Å². The van der Waals surface area contributed by atoms with Crippen molar-refractivity contribution in [2.75, 3.05) is 26.3 Å². The molecule has 0 aromatic rings. The number of ether oxygens (including phenoxy) is 1. The Morgan fingerprint density at radius 1 is 1.50 bits per heavy atom. The Bertz CT molecular complexity index is 198. The van der Waals surface area contributed by atoms with E-state index >= 15 is 0 Å². The van der Waals surface area contributed by atoms with Gasteiger partial charge in [-0.05, 0) is 31.8 Å². The van der Waals surface area contributed by atoms with Crippen molar-refractivity contribution in [2.45, 2.75) is 25.3 Å². The van der Waals surface area contributed by atoms with Gasteiger partial charge in [0.25, 0.3) is 0 Å². The second-order valence-electron chi connectivity index (χ2n) is 4.20. The molecule has 2 aliphatic rings. The van der Waals surface area contributed by atoms with Crippen molar-refractivity contribution in [1.82, 2.24) is 10.6 Å². The van der Waals surface area contributed by atoms with Crippen molar-refractivity contribution in [1.29, 1.82) is 0 Å². The molecule has 2 fully saturated rings. The summed E-state index contributed by atoms with van der Waals surface area (Å²) in [6, 6.07) is 0.282. The number of rotatable bonds is 4. The third-order valence-corrected chi connectivity index (χ3v) is 2.95. The fourth-order valence-corrected chi connectivity index (χ4v) is 1.91. The van der Waals surface area contributed by atoms with E-state index in [4.69, 9.17) is 4.74 Å². The van der Waals surface area contributed by atoms with Crippen LogP contribution in [0.15, 0.2) is 0 Å². The number of amides is 1. The lowest BCUT2D eigenvalue weighted by Crippen LogP contribution is -2.48. The molecule has 1 amide bonds. The van der Waals surface area contributed by atoms with E-state index in [-0.39, 0.29) is 11.9 Å². The quantitative estimate of drug-likeness (QED) is 0.663. The van der Waals surface area contributed by atoms with Crippen molar-refractivity contribution in [3.63, 3.8) is 0 Å². The molecule has 0 aliphatic carbocycles. The van der Waals surface area contributed by atoms with Gasteiger partial charge in [-0.1, -0.05) is 0 Å².